The van der Waals surface area contributed by atoms with Gasteiger partial charge in [0.25, 0.3) is 5.91 Å². The number of H-pyrrole nitrogens is 1. The number of nitrogens with zero attached hydrogens (tertiary/aromatic N) is 2. The zero-order valence-corrected chi connectivity index (χ0v) is 16.4. The maximum atomic E-state index is 13.1. The fourth-order valence-electron chi connectivity index (χ4n) is 4.21. The van der Waals surface area contributed by atoms with E-state index in [9.17, 15) is 9.90 Å². The number of aromatic amines is 1. The molecule has 0 aliphatic carbocycles. The first-order valence-corrected chi connectivity index (χ1v) is 10.1. The second-order valence-corrected chi connectivity index (χ2v) is 7.90. The predicted octanol–water partition coefficient (Wildman–Crippen LogP) is 1.98. The number of fused-ring (bicyclic) bond motifs is 2. The first kappa shape index (κ1) is 18.4. The second kappa shape index (κ2) is 7.33. The van der Waals surface area contributed by atoms with E-state index >= 15 is 0 Å². The highest BCUT2D eigenvalue weighted by molar-refractivity contribution is 6.31. The van der Waals surface area contributed by atoms with E-state index in [1.165, 1.54) is 0 Å². The van der Waals surface area contributed by atoms with Gasteiger partial charge in [0, 0.05) is 66.0 Å². The molecule has 2 aliphatic rings. The fourth-order valence-corrected chi connectivity index (χ4v) is 4.45. The van der Waals surface area contributed by atoms with Crippen LogP contribution in [0, 0.1) is 0 Å². The van der Waals surface area contributed by atoms with Crippen LogP contribution in [0.4, 0.5) is 0 Å². The number of carbonyl (C=O) groups is 1. The zero-order valence-electron chi connectivity index (χ0n) is 15.7. The standard InChI is InChI=1S/C21H21ClN4O3/c22-13-7-12-8-18(21(28)26-6-5-23-14(10-26)11-27)29-19(12)17(9-13)15-1-3-24-20-16(15)2-4-25-20/h1-4,7,9,14,18,23,27H,5-6,8,10-11H2,(H,24,25)/t14-,18?/m0/s1. The van der Waals surface area contributed by atoms with Gasteiger partial charge < -0.3 is 25.0 Å². The Morgan fingerprint density at radius 2 is 2.24 bits per heavy atom. The summed E-state index contributed by atoms with van der Waals surface area (Å²) in [6.45, 7) is 1.75. The number of halogens is 1. The van der Waals surface area contributed by atoms with Crippen LogP contribution in [-0.2, 0) is 11.2 Å². The number of aliphatic hydroxyl groups excluding tert-OH is 1. The summed E-state index contributed by atoms with van der Waals surface area (Å²) in [5.74, 6) is 0.653. The number of piperazine rings is 1. The average Bonchev–Trinajstić information content (AvgIpc) is 3.39. The number of ether oxygens (including phenoxy) is 1. The largest absolute Gasteiger partial charge is 0.479 e. The van der Waals surface area contributed by atoms with E-state index in [0.717, 1.165) is 27.7 Å². The van der Waals surface area contributed by atoms with Crippen molar-refractivity contribution in [2.24, 2.45) is 0 Å². The number of aromatic nitrogens is 2. The lowest BCUT2D eigenvalue weighted by atomic mass is 9.99. The van der Waals surface area contributed by atoms with Gasteiger partial charge in [-0.05, 0) is 29.8 Å². The van der Waals surface area contributed by atoms with Crippen molar-refractivity contribution in [1.29, 1.82) is 0 Å². The van der Waals surface area contributed by atoms with Gasteiger partial charge in [0.05, 0.1) is 6.61 Å². The van der Waals surface area contributed by atoms with E-state index < -0.39 is 6.10 Å². The smallest absolute Gasteiger partial charge is 0.264 e. The molecular weight excluding hydrogens is 392 g/mol. The highest BCUT2D eigenvalue weighted by Crippen LogP contribution is 2.43. The van der Waals surface area contributed by atoms with Crippen LogP contribution in [0.1, 0.15) is 5.56 Å². The first-order valence-electron chi connectivity index (χ1n) is 9.68. The van der Waals surface area contributed by atoms with Crippen LogP contribution in [0.5, 0.6) is 5.75 Å². The molecule has 2 aromatic heterocycles. The van der Waals surface area contributed by atoms with Crippen LogP contribution in [0.2, 0.25) is 5.02 Å². The summed E-state index contributed by atoms with van der Waals surface area (Å²) in [6, 6.07) is 7.56. The minimum Gasteiger partial charge on any atom is -0.479 e. The Kier molecular flexibility index (Phi) is 4.66. The SMILES string of the molecule is O=C(C1Cc2cc(Cl)cc(-c3ccnc4[nH]ccc34)c2O1)N1CCN[C@H](CO)C1. The lowest BCUT2D eigenvalue weighted by molar-refractivity contribution is -0.139. The molecule has 3 aromatic rings. The molecule has 29 heavy (non-hydrogen) atoms. The molecule has 0 saturated carbocycles. The van der Waals surface area contributed by atoms with E-state index in [1.54, 1.807) is 11.1 Å². The van der Waals surface area contributed by atoms with Gasteiger partial charge in [-0.2, -0.15) is 0 Å². The summed E-state index contributed by atoms with van der Waals surface area (Å²) in [5, 5.41) is 14.2. The molecule has 1 fully saturated rings. The topological polar surface area (TPSA) is 90.5 Å². The molecule has 5 rings (SSSR count). The molecule has 7 nitrogen and oxygen atoms in total. The summed E-state index contributed by atoms with van der Waals surface area (Å²) < 4.78 is 6.19. The number of hydrogen-bond acceptors (Lipinski definition) is 5. The maximum absolute atomic E-state index is 13.1. The highest BCUT2D eigenvalue weighted by Gasteiger charge is 2.36. The fraction of sp³-hybridized carbons (Fsp3) is 0.333. The number of amides is 1. The van der Waals surface area contributed by atoms with Crippen molar-refractivity contribution >= 4 is 28.5 Å². The molecule has 3 N–H and O–H groups in total. The molecule has 1 aromatic carbocycles. The van der Waals surface area contributed by atoms with Crippen LogP contribution < -0.4 is 10.1 Å². The van der Waals surface area contributed by atoms with Gasteiger partial charge in [0.2, 0.25) is 0 Å². The van der Waals surface area contributed by atoms with E-state index in [-0.39, 0.29) is 18.6 Å². The Morgan fingerprint density at radius 1 is 1.34 bits per heavy atom. The molecule has 4 heterocycles. The number of benzene rings is 1. The van der Waals surface area contributed by atoms with Crippen molar-refractivity contribution < 1.29 is 14.6 Å². The number of hydrogen-bond donors (Lipinski definition) is 3. The van der Waals surface area contributed by atoms with Gasteiger partial charge in [-0.3, -0.25) is 4.79 Å². The molecule has 2 aliphatic heterocycles. The number of carbonyl (C=O) groups excluding carboxylic acids is 1. The van der Waals surface area contributed by atoms with Gasteiger partial charge in [-0.1, -0.05) is 11.6 Å². The summed E-state index contributed by atoms with van der Waals surface area (Å²) in [7, 11) is 0. The third kappa shape index (κ3) is 3.25. The molecule has 0 bridgehead atoms. The molecule has 0 radical (unpaired) electrons. The molecule has 8 heteroatoms. The van der Waals surface area contributed by atoms with E-state index in [2.05, 4.69) is 15.3 Å². The van der Waals surface area contributed by atoms with E-state index in [0.29, 0.717) is 36.8 Å². The van der Waals surface area contributed by atoms with Crippen molar-refractivity contribution in [3.8, 4) is 16.9 Å². The third-order valence-corrected chi connectivity index (χ3v) is 5.83. The summed E-state index contributed by atoms with van der Waals surface area (Å²) in [4.78, 5) is 22.3. The van der Waals surface area contributed by atoms with Gasteiger partial charge in [-0.25, -0.2) is 4.98 Å². The molecule has 150 valence electrons. The molecule has 1 unspecified atom stereocenters. The molecule has 0 spiro atoms. The number of rotatable bonds is 3. The third-order valence-electron chi connectivity index (χ3n) is 5.61. The molecule has 1 saturated heterocycles. The Labute approximate surface area is 172 Å². The van der Waals surface area contributed by atoms with Gasteiger partial charge in [0.15, 0.2) is 6.10 Å². The lowest BCUT2D eigenvalue weighted by Crippen LogP contribution is -2.56. The molecule has 2 atom stereocenters. The van der Waals surface area contributed by atoms with Crippen molar-refractivity contribution in [2.75, 3.05) is 26.2 Å². The summed E-state index contributed by atoms with van der Waals surface area (Å²) >= 11 is 6.41. The lowest BCUT2D eigenvalue weighted by Gasteiger charge is -2.34. The van der Waals surface area contributed by atoms with Gasteiger partial charge in [0.1, 0.15) is 11.4 Å². The van der Waals surface area contributed by atoms with Crippen LogP contribution >= 0.6 is 11.6 Å². The van der Waals surface area contributed by atoms with E-state index in [4.69, 9.17) is 16.3 Å². The Hall–Kier alpha value is -2.61. The minimum absolute atomic E-state index is 0.00396. The maximum Gasteiger partial charge on any atom is 0.264 e. The van der Waals surface area contributed by atoms with Crippen LogP contribution in [0.3, 0.4) is 0 Å². The van der Waals surface area contributed by atoms with Crippen molar-refractivity contribution in [2.45, 2.75) is 18.6 Å². The second-order valence-electron chi connectivity index (χ2n) is 7.47. The number of pyridine rings is 1. The normalized spacial score (nSPS) is 21.2. The number of nitrogens with one attached hydrogen (secondary N) is 2. The Bertz CT molecular complexity index is 1080. The molecule has 1 amide bonds. The van der Waals surface area contributed by atoms with Gasteiger partial charge in [-0.15, -0.1) is 0 Å². The quantitative estimate of drug-likeness (QED) is 0.612. The van der Waals surface area contributed by atoms with Crippen LogP contribution in [-0.4, -0.2) is 64.3 Å². The van der Waals surface area contributed by atoms with Crippen molar-refractivity contribution in [3.63, 3.8) is 0 Å². The zero-order chi connectivity index (χ0) is 20.0. The van der Waals surface area contributed by atoms with Crippen LogP contribution in [0.25, 0.3) is 22.2 Å². The highest BCUT2D eigenvalue weighted by atomic mass is 35.5. The Balaban J connectivity index is 1.47. The first-order chi connectivity index (χ1) is 14.1. The predicted molar refractivity (Wildman–Crippen MR) is 110 cm³/mol. The summed E-state index contributed by atoms with van der Waals surface area (Å²) in [6.07, 6.45) is 3.50. The van der Waals surface area contributed by atoms with Crippen molar-refractivity contribution in [3.05, 3.63) is 47.2 Å². The average molecular weight is 413 g/mol. The van der Waals surface area contributed by atoms with Crippen LogP contribution in [0.15, 0.2) is 36.7 Å². The Morgan fingerprint density at radius 3 is 3.10 bits per heavy atom. The van der Waals surface area contributed by atoms with Gasteiger partial charge >= 0.3 is 0 Å². The summed E-state index contributed by atoms with van der Waals surface area (Å²) in [5.41, 5.74) is 3.55. The minimum atomic E-state index is -0.580. The molecular formula is C21H21ClN4O3. The monoisotopic (exact) mass is 412 g/mol. The number of aliphatic hydroxyl groups is 1. The van der Waals surface area contributed by atoms with Crippen molar-refractivity contribution in [1.82, 2.24) is 20.2 Å². The van der Waals surface area contributed by atoms with E-state index in [1.807, 2.05) is 30.5 Å².